The first-order valence-electron chi connectivity index (χ1n) is 7.26. The van der Waals surface area contributed by atoms with Crippen molar-refractivity contribution in [2.45, 2.75) is 43.1 Å². The maximum Gasteiger partial charge on any atom is 0.288 e. The summed E-state index contributed by atoms with van der Waals surface area (Å²) in [4.78, 5) is 4.48. The molecule has 7 heteroatoms. The van der Waals surface area contributed by atoms with E-state index in [9.17, 15) is 8.78 Å². The summed E-state index contributed by atoms with van der Waals surface area (Å²) in [5.74, 6) is -2.25. The smallest absolute Gasteiger partial charge is 0.288 e. The van der Waals surface area contributed by atoms with Gasteiger partial charge in [-0.3, -0.25) is 4.99 Å². The van der Waals surface area contributed by atoms with E-state index < -0.39 is 5.76 Å². The van der Waals surface area contributed by atoms with E-state index in [1.54, 1.807) is 13.0 Å². The molecule has 0 spiro atoms. The van der Waals surface area contributed by atoms with Gasteiger partial charge in [-0.15, -0.1) is 0 Å². The summed E-state index contributed by atoms with van der Waals surface area (Å²) >= 11 is 6.45. The Bertz CT molecular complexity index is 590. The number of aliphatic imine (C=N–C) groups is 1. The zero-order valence-corrected chi connectivity index (χ0v) is 14.3. The van der Waals surface area contributed by atoms with Gasteiger partial charge in [0.25, 0.3) is 5.76 Å². The monoisotopic (exact) mass is 361 g/mol. The van der Waals surface area contributed by atoms with E-state index in [0.717, 1.165) is 19.3 Å². The molecular weight excluding hydrogens is 344 g/mol. The lowest BCUT2D eigenvalue weighted by molar-refractivity contribution is -0.120. The van der Waals surface area contributed by atoms with Crippen LogP contribution in [0.1, 0.15) is 31.7 Å². The minimum atomic E-state index is -2.57. The number of benzene rings is 1. The van der Waals surface area contributed by atoms with Crippen molar-refractivity contribution in [1.82, 2.24) is 0 Å². The average Bonchev–Trinajstić information content (AvgIpc) is 2.50. The van der Waals surface area contributed by atoms with Crippen LogP contribution in [0.4, 0.5) is 14.5 Å². The molecule has 0 aromatic heterocycles. The third-order valence-electron chi connectivity index (χ3n) is 3.23. The summed E-state index contributed by atoms with van der Waals surface area (Å²) in [5.41, 5.74) is 0.871. The van der Waals surface area contributed by atoms with Gasteiger partial charge in [-0.05, 0) is 31.9 Å². The number of hydrogen-bond donors (Lipinski definition) is 0. The second-order valence-corrected chi connectivity index (χ2v) is 6.37. The maximum atomic E-state index is 12.8. The summed E-state index contributed by atoms with van der Waals surface area (Å²) in [5, 5.41) is 0.326. The highest BCUT2D eigenvalue weighted by atomic mass is 35.5. The number of halogens is 3. The molecular formula is C16H18ClF2NO2S. The summed E-state index contributed by atoms with van der Waals surface area (Å²) in [6, 6.07) is 3.08. The van der Waals surface area contributed by atoms with Crippen LogP contribution in [-0.2, 0) is 9.47 Å². The highest BCUT2D eigenvalue weighted by Crippen LogP contribution is 2.41. The zero-order chi connectivity index (χ0) is 16.8. The van der Waals surface area contributed by atoms with Crippen molar-refractivity contribution in [3.63, 3.8) is 0 Å². The summed E-state index contributed by atoms with van der Waals surface area (Å²) in [7, 11) is 0. The van der Waals surface area contributed by atoms with E-state index in [1.165, 1.54) is 12.3 Å². The molecule has 1 aliphatic rings. The fraction of sp³-hybridized carbons (Fsp3) is 0.438. The molecule has 126 valence electrons. The molecule has 1 aromatic carbocycles. The highest BCUT2D eigenvalue weighted by molar-refractivity contribution is 7.99. The first-order valence-corrected chi connectivity index (χ1v) is 8.51. The number of hydrogen-bond acceptors (Lipinski definition) is 4. The molecule has 1 aromatic rings. The molecule has 0 N–H and O–H groups in total. The average molecular weight is 362 g/mol. The first kappa shape index (κ1) is 18.2. The van der Waals surface area contributed by atoms with Crippen LogP contribution in [0.3, 0.4) is 0 Å². The Balaban J connectivity index is 2.31. The summed E-state index contributed by atoms with van der Waals surface area (Å²) in [6.07, 6.45) is 3.95. The molecule has 0 saturated carbocycles. The predicted octanol–water partition coefficient (Wildman–Crippen LogP) is 5.89. The van der Waals surface area contributed by atoms with Gasteiger partial charge in [0.05, 0.1) is 12.3 Å². The lowest BCUT2D eigenvalue weighted by atomic mass is 10.1. The third-order valence-corrected chi connectivity index (χ3v) is 4.19. The lowest BCUT2D eigenvalue weighted by Crippen LogP contribution is -2.21. The minimum absolute atomic E-state index is 0.287. The first-order chi connectivity index (χ1) is 11.0. The number of nitrogens with zero attached hydrogens (tertiary/aromatic N) is 1. The Kier molecular flexibility index (Phi) is 6.87. The van der Waals surface area contributed by atoms with E-state index in [2.05, 4.69) is 11.6 Å². The molecule has 1 fully saturated rings. The Morgan fingerprint density at radius 2 is 2.30 bits per heavy atom. The predicted molar refractivity (Wildman–Crippen MR) is 90.8 cm³/mol. The summed E-state index contributed by atoms with van der Waals surface area (Å²) < 4.78 is 36.8. The van der Waals surface area contributed by atoms with Crippen molar-refractivity contribution in [2.24, 2.45) is 4.99 Å². The molecule has 1 saturated heterocycles. The second-order valence-electron chi connectivity index (χ2n) is 4.90. The van der Waals surface area contributed by atoms with Gasteiger partial charge < -0.3 is 9.47 Å². The van der Waals surface area contributed by atoms with Crippen molar-refractivity contribution < 1.29 is 18.3 Å². The topological polar surface area (TPSA) is 30.8 Å². The lowest BCUT2D eigenvalue weighted by Gasteiger charge is -2.25. The number of rotatable bonds is 6. The molecule has 1 atom stereocenters. The quantitative estimate of drug-likeness (QED) is 0.359. The van der Waals surface area contributed by atoms with Crippen LogP contribution in [0.15, 0.2) is 28.6 Å². The largest absolute Gasteiger partial charge is 0.465 e. The van der Waals surface area contributed by atoms with Crippen molar-refractivity contribution in [3.05, 3.63) is 29.3 Å². The fourth-order valence-electron chi connectivity index (χ4n) is 2.26. The van der Waals surface area contributed by atoms with Crippen LogP contribution in [-0.4, -0.2) is 24.9 Å². The van der Waals surface area contributed by atoms with Crippen LogP contribution in [0, 0.1) is 0 Å². The summed E-state index contributed by atoms with van der Waals surface area (Å²) in [6.45, 7) is 6.24. The minimum Gasteiger partial charge on any atom is -0.465 e. The van der Waals surface area contributed by atoms with Gasteiger partial charge in [0.2, 0.25) is 0 Å². The van der Waals surface area contributed by atoms with Crippen molar-refractivity contribution in [3.8, 4) is 0 Å². The van der Waals surface area contributed by atoms with Crippen molar-refractivity contribution in [2.75, 3.05) is 6.61 Å². The van der Waals surface area contributed by atoms with Crippen LogP contribution in [0.5, 0.6) is 0 Å². The van der Waals surface area contributed by atoms with Gasteiger partial charge in [-0.2, -0.15) is 8.78 Å². The van der Waals surface area contributed by atoms with Crippen LogP contribution >= 0.6 is 23.4 Å². The standard InChI is InChI=1S/C16H18ClF2NO2S/c1-3-20-15-12(8-11(17)9-13(15)23-16(18)19)10(2)22-14-6-4-5-7-21-14/h3,8-9,14,16H,2,4-7H2,1H3. The highest BCUT2D eigenvalue weighted by Gasteiger charge is 2.21. The van der Waals surface area contributed by atoms with E-state index in [-0.39, 0.29) is 11.2 Å². The van der Waals surface area contributed by atoms with Crippen molar-refractivity contribution in [1.29, 1.82) is 0 Å². The third kappa shape index (κ3) is 5.19. The van der Waals surface area contributed by atoms with Gasteiger partial charge >= 0.3 is 0 Å². The van der Waals surface area contributed by atoms with Gasteiger partial charge in [-0.1, -0.05) is 29.9 Å². The number of alkyl halides is 2. The second kappa shape index (κ2) is 8.66. The zero-order valence-electron chi connectivity index (χ0n) is 12.7. The molecule has 1 unspecified atom stereocenters. The SMILES string of the molecule is C=C(OC1CCCCO1)c1cc(Cl)cc(SC(F)F)c1N=CC. The van der Waals surface area contributed by atoms with Crippen LogP contribution in [0.2, 0.25) is 5.02 Å². The maximum absolute atomic E-state index is 12.8. The van der Waals surface area contributed by atoms with E-state index in [4.69, 9.17) is 21.1 Å². The Hall–Kier alpha value is -1.11. The molecule has 1 heterocycles. The van der Waals surface area contributed by atoms with Gasteiger partial charge in [0.1, 0.15) is 5.76 Å². The Morgan fingerprint density at radius 3 is 2.91 bits per heavy atom. The van der Waals surface area contributed by atoms with Crippen LogP contribution < -0.4 is 0 Å². The Labute approximate surface area is 143 Å². The van der Waals surface area contributed by atoms with Crippen molar-refractivity contribution >= 4 is 41.0 Å². The van der Waals surface area contributed by atoms with E-state index in [1.807, 2.05) is 0 Å². The van der Waals surface area contributed by atoms with Gasteiger partial charge in [-0.25, -0.2) is 0 Å². The molecule has 2 rings (SSSR count). The normalized spacial score (nSPS) is 18.6. The van der Waals surface area contributed by atoms with Crippen LogP contribution in [0.25, 0.3) is 5.76 Å². The number of ether oxygens (including phenoxy) is 2. The van der Waals surface area contributed by atoms with E-state index in [0.29, 0.717) is 40.4 Å². The molecule has 23 heavy (non-hydrogen) atoms. The molecule has 3 nitrogen and oxygen atoms in total. The fourth-order valence-corrected chi connectivity index (χ4v) is 3.21. The van der Waals surface area contributed by atoms with Gasteiger partial charge in [0.15, 0.2) is 6.29 Å². The Morgan fingerprint density at radius 1 is 1.52 bits per heavy atom. The molecule has 0 amide bonds. The number of thioether (sulfide) groups is 1. The molecule has 0 bridgehead atoms. The molecule has 0 radical (unpaired) electrons. The molecule has 1 aliphatic heterocycles. The molecule has 0 aliphatic carbocycles. The van der Waals surface area contributed by atoms with E-state index >= 15 is 0 Å². The van der Waals surface area contributed by atoms with Gasteiger partial charge in [0, 0.05) is 28.1 Å².